The lowest BCUT2D eigenvalue weighted by molar-refractivity contribution is 0.116. The van der Waals surface area contributed by atoms with Crippen LogP contribution in [0.15, 0.2) is 0 Å². The minimum atomic E-state index is -3.15. The molecule has 0 aliphatic rings. The van der Waals surface area contributed by atoms with Crippen LogP contribution in [0.25, 0.3) is 0 Å². The third-order valence-electron chi connectivity index (χ3n) is 10.3. The van der Waals surface area contributed by atoms with Crippen LogP contribution in [0, 0.1) is 0 Å². The zero-order chi connectivity index (χ0) is 40.2. The summed E-state index contributed by atoms with van der Waals surface area (Å²) in [7, 11) is -12.0. The van der Waals surface area contributed by atoms with Gasteiger partial charge in [0.05, 0.1) is 0 Å². The molecule has 13 heteroatoms. The molecule has 0 spiro atoms. The van der Waals surface area contributed by atoms with Crippen LogP contribution in [-0.4, -0.2) is 100 Å². The molecule has 0 aromatic heterocycles. The summed E-state index contributed by atoms with van der Waals surface area (Å²) in [6, 6.07) is 2.96. The molecule has 9 nitrogen and oxygen atoms in total. The monoisotopic (exact) mass is 827 g/mol. The van der Waals surface area contributed by atoms with Gasteiger partial charge in [0.2, 0.25) is 0 Å². The third-order valence-corrected chi connectivity index (χ3v) is 30.8. The Morgan fingerprint density at radius 2 is 0.547 bits per heavy atom. The Hall–Kier alpha value is 0.508. The van der Waals surface area contributed by atoms with Gasteiger partial charge in [0.25, 0.3) is 0 Å². The number of rotatable bonds is 38. The van der Waals surface area contributed by atoms with Crippen LogP contribution >= 0.6 is 0 Å². The summed E-state index contributed by atoms with van der Waals surface area (Å²) in [5.41, 5.74) is 0.653. The first-order valence-electron chi connectivity index (χ1n) is 22.0. The van der Waals surface area contributed by atoms with Gasteiger partial charge in [-0.15, -0.1) is 0 Å². The Bertz CT molecular complexity index is 793. The Morgan fingerprint density at radius 1 is 0.321 bits per heavy atom. The molecule has 0 aliphatic carbocycles. The molecule has 0 heterocycles. The summed E-state index contributed by atoms with van der Waals surface area (Å²) < 4.78 is 62.6. The molecule has 0 fully saturated rings. The van der Waals surface area contributed by atoms with E-state index in [2.05, 4.69) is 96.9 Å². The van der Waals surface area contributed by atoms with E-state index < -0.39 is 34.2 Å². The molecule has 0 N–H and O–H groups in total. The van der Waals surface area contributed by atoms with Crippen LogP contribution in [0.5, 0.6) is 0 Å². The predicted molar refractivity (Wildman–Crippen MR) is 232 cm³/mol. The highest BCUT2D eigenvalue weighted by Crippen LogP contribution is 2.45. The Labute approximate surface area is 334 Å². The van der Waals surface area contributed by atoms with Gasteiger partial charge < -0.3 is 40.1 Å². The fourth-order valence-corrected chi connectivity index (χ4v) is 29.0. The molecular weight excluding hydrogens is 737 g/mol. The van der Waals surface area contributed by atoms with E-state index in [1.807, 2.05) is 0 Å². The average Bonchev–Trinajstić information content (AvgIpc) is 3.10. The van der Waals surface area contributed by atoms with E-state index in [-0.39, 0.29) is 22.2 Å². The minimum absolute atomic E-state index is 0.124. The fourth-order valence-electron chi connectivity index (χ4n) is 6.36. The summed E-state index contributed by atoms with van der Waals surface area (Å²) >= 11 is 0. The van der Waals surface area contributed by atoms with Crippen LogP contribution in [0.1, 0.15) is 148 Å². The van der Waals surface area contributed by atoms with Gasteiger partial charge in [0, 0.05) is 90.2 Å². The number of hydrogen-bond donors (Lipinski definition) is 0. The normalized spacial score (nSPS) is 17.1. The Morgan fingerprint density at radius 3 is 0.755 bits per heavy atom. The van der Waals surface area contributed by atoms with Gasteiger partial charge >= 0.3 is 34.2 Å². The van der Waals surface area contributed by atoms with Gasteiger partial charge in [0.15, 0.2) is 0 Å². The highest BCUT2D eigenvalue weighted by molar-refractivity contribution is 6.91. The van der Waals surface area contributed by atoms with Crippen molar-refractivity contribution in [3.8, 4) is 0 Å². The summed E-state index contributed by atoms with van der Waals surface area (Å²) in [4.78, 5) is 0. The highest BCUT2D eigenvalue weighted by atomic mass is 28.5. The Balaban J connectivity index is 7.46. The van der Waals surface area contributed by atoms with Crippen LogP contribution in [-0.2, 0) is 40.1 Å². The van der Waals surface area contributed by atoms with E-state index in [0.717, 1.165) is 89.9 Å². The summed E-state index contributed by atoms with van der Waals surface area (Å²) in [6.45, 7) is 37.8. The number of unbranched alkanes of at least 4 members (excludes halogenated alkanes) is 4. The third kappa shape index (κ3) is 19.7. The molecule has 4 atom stereocenters. The second kappa shape index (κ2) is 30.6. The van der Waals surface area contributed by atoms with Crippen molar-refractivity contribution < 1.29 is 40.1 Å². The van der Waals surface area contributed by atoms with Crippen molar-refractivity contribution in [2.45, 2.75) is 195 Å². The standard InChI is InChI=1S/C40H90O9Si4/c1-15-21-25-41-29-33-50(37(7)8,45-19-5)47-52(39(11)12,35-31-43-27-23-17-3)49-53(40(13)14,36-32-44-28-24-18-4)48-51(38(9)10,46-20-6)34-30-42-26-22-16-2/h37-40H,15-36H2,1-14H3. The maximum atomic E-state index is 8.06. The smallest absolute Gasteiger partial charge is 0.334 e. The highest BCUT2D eigenvalue weighted by Gasteiger charge is 2.60. The fraction of sp³-hybridized carbons (Fsp3) is 1.00. The van der Waals surface area contributed by atoms with Crippen molar-refractivity contribution in [3.05, 3.63) is 0 Å². The van der Waals surface area contributed by atoms with Gasteiger partial charge in [-0.2, -0.15) is 0 Å². The molecule has 0 rings (SSSR count). The average molecular weight is 827 g/mol. The molecular formula is C40H90O9Si4. The molecule has 4 unspecified atom stereocenters. The van der Waals surface area contributed by atoms with Gasteiger partial charge in [-0.25, -0.2) is 0 Å². The van der Waals surface area contributed by atoms with Crippen molar-refractivity contribution in [1.29, 1.82) is 0 Å². The van der Waals surface area contributed by atoms with E-state index in [1.54, 1.807) is 0 Å². The lowest BCUT2D eigenvalue weighted by Crippen LogP contribution is -2.67. The summed E-state index contributed by atoms with van der Waals surface area (Å²) in [5.74, 6) is 0. The van der Waals surface area contributed by atoms with Crippen molar-refractivity contribution in [2.24, 2.45) is 0 Å². The SMILES string of the molecule is CCCCOCC[Si](OCC)(O[Si](CCOCCCC)(O[Si](CCOCCCC)(O[Si](CCOCCCC)(OCC)C(C)C)C(C)C)C(C)C)C(C)C. The van der Waals surface area contributed by atoms with Crippen LogP contribution in [0.4, 0.5) is 0 Å². The molecule has 320 valence electrons. The molecule has 0 aromatic rings. The molecule has 0 amide bonds. The molecule has 53 heavy (non-hydrogen) atoms. The van der Waals surface area contributed by atoms with E-state index in [1.165, 1.54) is 0 Å². The zero-order valence-electron chi connectivity index (χ0n) is 37.5. The molecule has 0 aromatic carbocycles. The van der Waals surface area contributed by atoms with Gasteiger partial charge in [-0.05, 0) is 61.7 Å². The van der Waals surface area contributed by atoms with Crippen molar-refractivity contribution in [2.75, 3.05) is 66.1 Å². The topological polar surface area (TPSA) is 83.1 Å². The van der Waals surface area contributed by atoms with E-state index >= 15 is 0 Å². The quantitative estimate of drug-likeness (QED) is 0.0446. The van der Waals surface area contributed by atoms with E-state index in [0.29, 0.717) is 51.7 Å². The first-order chi connectivity index (χ1) is 25.3. The molecule has 0 saturated carbocycles. The first-order valence-corrected chi connectivity index (χ1v) is 30.4. The molecule has 0 bridgehead atoms. The first kappa shape index (κ1) is 53.5. The molecule has 0 radical (unpaired) electrons. The Kier molecular flexibility index (Phi) is 30.9. The molecule has 0 saturated heterocycles. The van der Waals surface area contributed by atoms with Crippen molar-refractivity contribution in [3.63, 3.8) is 0 Å². The van der Waals surface area contributed by atoms with Gasteiger partial charge in [-0.1, -0.05) is 109 Å². The summed E-state index contributed by atoms with van der Waals surface area (Å²) in [5, 5.41) is 0. The lowest BCUT2D eigenvalue weighted by Gasteiger charge is -2.51. The van der Waals surface area contributed by atoms with Gasteiger partial charge in [0.1, 0.15) is 0 Å². The minimum Gasteiger partial charge on any atom is -0.415 e. The van der Waals surface area contributed by atoms with Crippen LogP contribution in [0.2, 0.25) is 46.3 Å². The summed E-state index contributed by atoms with van der Waals surface area (Å²) in [6.07, 6.45) is 8.61. The maximum absolute atomic E-state index is 8.06. The van der Waals surface area contributed by atoms with E-state index in [9.17, 15) is 0 Å². The second-order valence-electron chi connectivity index (χ2n) is 15.9. The second-order valence-corrected chi connectivity index (χ2v) is 32.0. The van der Waals surface area contributed by atoms with Crippen molar-refractivity contribution in [1.82, 2.24) is 0 Å². The van der Waals surface area contributed by atoms with Crippen molar-refractivity contribution >= 4 is 34.2 Å². The van der Waals surface area contributed by atoms with Crippen LogP contribution in [0.3, 0.4) is 0 Å². The molecule has 0 aliphatic heterocycles. The van der Waals surface area contributed by atoms with E-state index in [4.69, 9.17) is 40.1 Å². The maximum Gasteiger partial charge on any atom is 0.334 e. The largest absolute Gasteiger partial charge is 0.415 e. The van der Waals surface area contributed by atoms with Crippen LogP contribution < -0.4 is 0 Å². The number of ether oxygens (including phenoxy) is 4. The predicted octanol–water partition coefficient (Wildman–Crippen LogP) is 11.8. The zero-order valence-corrected chi connectivity index (χ0v) is 41.5. The lowest BCUT2D eigenvalue weighted by atomic mass is 10.4. The van der Waals surface area contributed by atoms with Gasteiger partial charge in [-0.3, -0.25) is 0 Å². The number of hydrogen-bond acceptors (Lipinski definition) is 9.